The van der Waals surface area contributed by atoms with Gasteiger partial charge in [0.1, 0.15) is 23.1 Å². The van der Waals surface area contributed by atoms with E-state index in [1.54, 1.807) is 49.6 Å². The molecular formula is C22H15F3N2O3S. The molecule has 4 rings (SSSR count). The molecule has 2 aromatic carbocycles. The van der Waals surface area contributed by atoms with Crippen LogP contribution in [0.15, 0.2) is 75.0 Å². The first-order chi connectivity index (χ1) is 14.8. The van der Waals surface area contributed by atoms with Gasteiger partial charge in [-0.25, -0.2) is 4.99 Å². The van der Waals surface area contributed by atoms with Crippen molar-refractivity contribution in [3.05, 3.63) is 76.9 Å². The predicted molar refractivity (Wildman–Crippen MR) is 113 cm³/mol. The molecule has 1 aliphatic rings. The van der Waals surface area contributed by atoms with Crippen LogP contribution in [0.3, 0.4) is 0 Å². The average molecular weight is 444 g/mol. The van der Waals surface area contributed by atoms with E-state index >= 15 is 0 Å². The number of hydrogen-bond acceptors (Lipinski definition) is 5. The van der Waals surface area contributed by atoms with Gasteiger partial charge in [-0.3, -0.25) is 4.79 Å². The molecule has 1 aliphatic heterocycles. The summed E-state index contributed by atoms with van der Waals surface area (Å²) in [5.41, 5.74) is 0.171. The molecule has 31 heavy (non-hydrogen) atoms. The number of ether oxygens (including phenoxy) is 1. The number of amidine groups is 1. The number of hydrogen-bond donors (Lipinski definition) is 1. The van der Waals surface area contributed by atoms with E-state index < -0.39 is 11.7 Å². The summed E-state index contributed by atoms with van der Waals surface area (Å²) in [4.78, 5) is 16.8. The second-order valence-electron chi connectivity index (χ2n) is 6.46. The molecule has 0 spiro atoms. The molecule has 5 nitrogen and oxygen atoms in total. The minimum atomic E-state index is -4.44. The quantitative estimate of drug-likeness (QED) is 0.499. The van der Waals surface area contributed by atoms with E-state index in [-0.39, 0.29) is 11.0 Å². The Hall–Kier alpha value is -3.46. The van der Waals surface area contributed by atoms with Crippen LogP contribution in [0.1, 0.15) is 11.3 Å². The van der Waals surface area contributed by atoms with Crippen molar-refractivity contribution in [1.29, 1.82) is 0 Å². The van der Waals surface area contributed by atoms with Crippen molar-refractivity contribution in [3.8, 4) is 17.1 Å². The molecule has 158 valence electrons. The third-order valence-corrected chi connectivity index (χ3v) is 5.16. The van der Waals surface area contributed by atoms with Crippen LogP contribution in [0.25, 0.3) is 17.4 Å². The first kappa shape index (κ1) is 20.8. The van der Waals surface area contributed by atoms with Gasteiger partial charge in [-0.05, 0) is 66.4 Å². The second kappa shape index (κ2) is 8.35. The maximum Gasteiger partial charge on any atom is 0.416 e. The number of methoxy groups -OCH3 is 1. The molecule has 9 heteroatoms. The van der Waals surface area contributed by atoms with Gasteiger partial charge in [-0.15, -0.1) is 0 Å². The number of halogens is 3. The SMILES string of the molecule is COc1ccc(N=C2NC(=O)SC2=Cc2ccc(-c3cccc(C(F)(F)F)c3)o2)cc1. The molecule has 0 saturated carbocycles. The number of furan rings is 1. The Labute approximate surface area is 179 Å². The van der Waals surface area contributed by atoms with Gasteiger partial charge in [-0.1, -0.05) is 12.1 Å². The van der Waals surface area contributed by atoms with Crippen molar-refractivity contribution >= 4 is 34.6 Å². The summed E-state index contributed by atoms with van der Waals surface area (Å²) in [6.45, 7) is 0. The molecule has 3 aromatic rings. The highest BCUT2D eigenvalue weighted by Crippen LogP contribution is 2.34. The molecule has 0 radical (unpaired) electrons. The minimum Gasteiger partial charge on any atom is -0.497 e. The zero-order valence-electron chi connectivity index (χ0n) is 16.1. The average Bonchev–Trinajstić information content (AvgIpc) is 3.35. The van der Waals surface area contributed by atoms with Crippen LogP contribution in [0.5, 0.6) is 5.75 Å². The highest BCUT2D eigenvalue weighted by atomic mass is 32.2. The number of nitrogens with zero attached hydrogens (tertiary/aromatic N) is 1. The summed E-state index contributed by atoms with van der Waals surface area (Å²) in [7, 11) is 1.56. The van der Waals surface area contributed by atoms with Gasteiger partial charge < -0.3 is 14.5 Å². The van der Waals surface area contributed by atoms with Gasteiger partial charge in [0.2, 0.25) is 0 Å². The highest BCUT2D eigenvalue weighted by molar-refractivity contribution is 8.18. The number of amides is 1. The Morgan fingerprint density at radius 3 is 2.58 bits per heavy atom. The van der Waals surface area contributed by atoms with Crippen molar-refractivity contribution < 1.29 is 27.1 Å². The largest absolute Gasteiger partial charge is 0.497 e. The van der Waals surface area contributed by atoms with E-state index in [4.69, 9.17) is 9.15 Å². The lowest BCUT2D eigenvalue weighted by atomic mass is 10.1. The summed E-state index contributed by atoms with van der Waals surface area (Å²) in [6, 6.07) is 15.1. The first-order valence-corrected chi connectivity index (χ1v) is 9.84. The number of carbonyl (C=O) groups excluding carboxylic acids is 1. The number of aliphatic imine (C=N–C) groups is 1. The van der Waals surface area contributed by atoms with Gasteiger partial charge in [0.25, 0.3) is 5.24 Å². The van der Waals surface area contributed by atoms with Crippen molar-refractivity contribution in [2.45, 2.75) is 6.18 Å². The molecule has 1 saturated heterocycles. The van der Waals surface area contributed by atoms with Crippen molar-refractivity contribution in [1.82, 2.24) is 5.32 Å². The molecule has 1 N–H and O–H groups in total. The van der Waals surface area contributed by atoms with Crippen LogP contribution in [0.4, 0.5) is 23.7 Å². The molecular weight excluding hydrogens is 429 g/mol. The lowest BCUT2D eigenvalue weighted by molar-refractivity contribution is -0.137. The van der Waals surface area contributed by atoms with E-state index in [9.17, 15) is 18.0 Å². The van der Waals surface area contributed by atoms with E-state index in [0.717, 1.165) is 23.9 Å². The van der Waals surface area contributed by atoms with E-state index in [2.05, 4.69) is 10.3 Å². The molecule has 1 fully saturated rings. The summed E-state index contributed by atoms with van der Waals surface area (Å²) in [5.74, 6) is 1.71. The third kappa shape index (κ3) is 4.83. The minimum absolute atomic E-state index is 0.286. The Morgan fingerprint density at radius 1 is 1.10 bits per heavy atom. The van der Waals surface area contributed by atoms with Gasteiger partial charge in [0, 0.05) is 5.56 Å². The molecule has 2 heterocycles. The monoisotopic (exact) mass is 444 g/mol. The Bertz CT molecular complexity index is 1180. The number of thioether (sulfide) groups is 1. The van der Waals surface area contributed by atoms with Crippen LogP contribution >= 0.6 is 11.8 Å². The lowest BCUT2D eigenvalue weighted by Gasteiger charge is -2.07. The summed E-state index contributed by atoms with van der Waals surface area (Å²) >= 11 is 0.953. The van der Waals surface area contributed by atoms with Crippen molar-refractivity contribution in [2.24, 2.45) is 4.99 Å². The molecule has 1 aromatic heterocycles. The maximum atomic E-state index is 13.0. The number of rotatable bonds is 4. The maximum absolute atomic E-state index is 13.0. The van der Waals surface area contributed by atoms with Crippen LogP contribution in [-0.4, -0.2) is 18.2 Å². The van der Waals surface area contributed by atoms with E-state index in [0.29, 0.717) is 33.5 Å². The summed E-state index contributed by atoms with van der Waals surface area (Å²) in [6.07, 6.45) is -2.82. The third-order valence-electron chi connectivity index (χ3n) is 4.34. The van der Waals surface area contributed by atoms with E-state index in [1.165, 1.54) is 12.1 Å². The normalized spacial score (nSPS) is 16.7. The van der Waals surface area contributed by atoms with Gasteiger partial charge in [0.05, 0.1) is 23.3 Å². The smallest absolute Gasteiger partial charge is 0.416 e. The molecule has 0 bridgehead atoms. The Kier molecular flexibility index (Phi) is 5.60. The fourth-order valence-electron chi connectivity index (χ4n) is 2.86. The number of nitrogens with one attached hydrogen (secondary N) is 1. The van der Waals surface area contributed by atoms with Gasteiger partial charge in [0.15, 0.2) is 0 Å². The Balaban J connectivity index is 1.61. The molecule has 1 amide bonds. The number of carbonyl (C=O) groups is 1. The topological polar surface area (TPSA) is 63.8 Å². The van der Waals surface area contributed by atoms with Crippen LogP contribution in [-0.2, 0) is 6.18 Å². The zero-order valence-corrected chi connectivity index (χ0v) is 16.9. The summed E-state index contributed by atoms with van der Waals surface area (Å²) < 4.78 is 49.7. The van der Waals surface area contributed by atoms with Crippen LogP contribution in [0, 0.1) is 0 Å². The molecule has 0 unspecified atom stereocenters. The fourth-order valence-corrected chi connectivity index (χ4v) is 3.58. The molecule has 0 atom stereocenters. The second-order valence-corrected chi connectivity index (χ2v) is 7.48. The number of alkyl halides is 3. The zero-order chi connectivity index (χ0) is 22.0. The fraction of sp³-hybridized carbons (Fsp3) is 0.0909. The number of benzene rings is 2. The predicted octanol–water partition coefficient (Wildman–Crippen LogP) is 6.50. The highest BCUT2D eigenvalue weighted by Gasteiger charge is 2.30. The lowest BCUT2D eigenvalue weighted by Crippen LogP contribution is -2.18. The standard InChI is InChI=1S/C22H15F3N2O3S/c1-29-16-7-5-15(6-8-16)26-20-19(31-21(28)27-20)12-17-9-10-18(30-17)13-3-2-4-14(11-13)22(23,24)25/h2-12H,1H3,(H,26,27,28). The van der Waals surface area contributed by atoms with E-state index in [1.807, 2.05) is 0 Å². The van der Waals surface area contributed by atoms with Crippen molar-refractivity contribution in [3.63, 3.8) is 0 Å². The van der Waals surface area contributed by atoms with Crippen LogP contribution in [0.2, 0.25) is 0 Å². The summed E-state index contributed by atoms with van der Waals surface area (Å²) in [5, 5.41) is 2.38. The van der Waals surface area contributed by atoms with Crippen LogP contribution < -0.4 is 10.1 Å². The van der Waals surface area contributed by atoms with Gasteiger partial charge in [-0.2, -0.15) is 13.2 Å². The molecule has 0 aliphatic carbocycles. The Morgan fingerprint density at radius 2 is 1.87 bits per heavy atom. The first-order valence-electron chi connectivity index (χ1n) is 9.03. The van der Waals surface area contributed by atoms with Crippen molar-refractivity contribution in [2.75, 3.05) is 7.11 Å². The van der Waals surface area contributed by atoms with Gasteiger partial charge >= 0.3 is 6.18 Å².